The molecule has 2 rings (SSSR count). The number of H-pyrrole nitrogens is 1. The van der Waals surface area contributed by atoms with Crippen molar-refractivity contribution in [3.8, 4) is 17.0 Å². The van der Waals surface area contributed by atoms with Crippen molar-refractivity contribution in [1.29, 1.82) is 0 Å². The second kappa shape index (κ2) is 4.79. The summed E-state index contributed by atoms with van der Waals surface area (Å²) in [6, 6.07) is 2.26. The number of carbonyl (C=O) groups is 1. The first-order valence-corrected chi connectivity index (χ1v) is 5.04. The second-order valence-electron chi connectivity index (χ2n) is 3.57. The van der Waals surface area contributed by atoms with Gasteiger partial charge in [0.05, 0.1) is 0 Å². The molecule has 0 spiro atoms. The van der Waals surface area contributed by atoms with Gasteiger partial charge in [-0.05, 0) is 18.2 Å². The molecule has 20 heavy (non-hydrogen) atoms. The molecule has 2 aromatic rings. The number of alkyl halides is 3. The molecule has 1 amide bonds. The minimum absolute atomic E-state index is 0.337. The fourth-order valence-electron chi connectivity index (χ4n) is 1.49. The van der Waals surface area contributed by atoms with Gasteiger partial charge in [-0.3, -0.25) is 4.79 Å². The highest BCUT2D eigenvalue weighted by Gasteiger charge is 2.33. The number of hydrogen-bond donors (Lipinski definition) is 2. The standard InChI is InChI=1S/C10H6F4N4O2/c11-4-1-2-6(20-10(12,13)14)5(3-4)7-8(9(15)19)17-18-16-7/h1-3H,(H2,15,19)(H,16,17,18). The molecule has 0 saturated carbocycles. The lowest BCUT2D eigenvalue weighted by Gasteiger charge is -2.12. The van der Waals surface area contributed by atoms with Crippen molar-refractivity contribution in [2.45, 2.75) is 6.36 Å². The number of rotatable bonds is 3. The van der Waals surface area contributed by atoms with Crippen molar-refractivity contribution in [3.63, 3.8) is 0 Å². The average molecular weight is 290 g/mol. The Morgan fingerprint density at radius 2 is 2.00 bits per heavy atom. The minimum atomic E-state index is -4.98. The topological polar surface area (TPSA) is 93.9 Å². The Morgan fingerprint density at radius 1 is 1.30 bits per heavy atom. The Bertz CT molecular complexity index is 653. The maximum atomic E-state index is 13.2. The van der Waals surface area contributed by atoms with Crippen molar-refractivity contribution in [2.24, 2.45) is 5.73 Å². The Morgan fingerprint density at radius 3 is 2.60 bits per heavy atom. The highest BCUT2D eigenvalue weighted by atomic mass is 19.4. The fraction of sp³-hybridized carbons (Fsp3) is 0.100. The number of nitrogens with two attached hydrogens (primary N) is 1. The molecule has 10 heteroatoms. The van der Waals surface area contributed by atoms with Crippen LogP contribution in [-0.4, -0.2) is 27.7 Å². The first-order valence-electron chi connectivity index (χ1n) is 5.04. The molecule has 1 aromatic heterocycles. The third kappa shape index (κ3) is 2.84. The summed E-state index contributed by atoms with van der Waals surface area (Å²) in [4.78, 5) is 11.1. The van der Waals surface area contributed by atoms with E-state index >= 15 is 0 Å². The van der Waals surface area contributed by atoms with Crippen LogP contribution in [0, 0.1) is 5.82 Å². The predicted molar refractivity (Wildman–Crippen MR) is 57.0 cm³/mol. The molecule has 0 saturated heterocycles. The van der Waals surface area contributed by atoms with Crippen LogP contribution in [0.5, 0.6) is 5.75 Å². The van der Waals surface area contributed by atoms with Crippen LogP contribution in [0.4, 0.5) is 17.6 Å². The van der Waals surface area contributed by atoms with Crippen LogP contribution in [0.15, 0.2) is 18.2 Å². The van der Waals surface area contributed by atoms with Crippen molar-refractivity contribution in [1.82, 2.24) is 15.4 Å². The molecule has 0 aliphatic heterocycles. The van der Waals surface area contributed by atoms with E-state index in [9.17, 15) is 22.4 Å². The van der Waals surface area contributed by atoms with Crippen LogP contribution < -0.4 is 10.5 Å². The van der Waals surface area contributed by atoms with Crippen LogP contribution >= 0.6 is 0 Å². The maximum absolute atomic E-state index is 13.2. The molecule has 0 radical (unpaired) electrons. The van der Waals surface area contributed by atoms with E-state index in [4.69, 9.17) is 5.73 Å². The molecule has 1 heterocycles. The molecule has 0 fully saturated rings. The summed E-state index contributed by atoms with van der Waals surface area (Å²) in [6.07, 6.45) is -4.98. The van der Waals surface area contributed by atoms with Gasteiger partial charge in [0.1, 0.15) is 17.3 Å². The van der Waals surface area contributed by atoms with Crippen molar-refractivity contribution < 1.29 is 27.1 Å². The zero-order valence-electron chi connectivity index (χ0n) is 9.53. The number of aromatic amines is 1. The quantitative estimate of drug-likeness (QED) is 0.840. The van der Waals surface area contributed by atoms with Crippen LogP contribution in [0.2, 0.25) is 0 Å². The first kappa shape index (κ1) is 13.8. The number of ether oxygens (including phenoxy) is 1. The molecule has 1 aromatic carbocycles. The SMILES string of the molecule is NC(=O)c1n[nH]nc1-c1cc(F)ccc1OC(F)(F)F. The lowest BCUT2D eigenvalue weighted by atomic mass is 10.1. The van der Waals surface area contributed by atoms with Crippen LogP contribution in [0.1, 0.15) is 10.5 Å². The number of hydrogen-bond acceptors (Lipinski definition) is 4. The van der Waals surface area contributed by atoms with Gasteiger partial charge >= 0.3 is 6.36 Å². The van der Waals surface area contributed by atoms with E-state index in [1.807, 2.05) is 5.21 Å². The number of aromatic nitrogens is 3. The highest BCUT2D eigenvalue weighted by molar-refractivity contribution is 5.97. The van der Waals surface area contributed by atoms with E-state index in [0.29, 0.717) is 0 Å². The van der Waals surface area contributed by atoms with Gasteiger partial charge in [-0.15, -0.1) is 13.2 Å². The zero-order valence-corrected chi connectivity index (χ0v) is 9.53. The van der Waals surface area contributed by atoms with Crippen LogP contribution in [0.25, 0.3) is 11.3 Å². The summed E-state index contributed by atoms with van der Waals surface area (Å²) in [7, 11) is 0. The molecule has 0 unspecified atom stereocenters. The summed E-state index contributed by atoms with van der Waals surface area (Å²) >= 11 is 0. The van der Waals surface area contributed by atoms with Gasteiger partial charge in [0.2, 0.25) is 0 Å². The van der Waals surface area contributed by atoms with Gasteiger partial charge in [0.15, 0.2) is 5.69 Å². The van der Waals surface area contributed by atoms with E-state index in [-0.39, 0.29) is 5.69 Å². The van der Waals surface area contributed by atoms with Gasteiger partial charge in [-0.25, -0.2) is 4.39 Å². The Balaban J connectivity index is 2.57. The van der Waals surface area contributed by atoms with E-state index < -0.39 is 35.1 Å². The van der Waals surface area contributed by atoms with Gasteiger partial charge in [0.25, 0.3) is 5.91 Å². The molecule has 6 nitrogen and oxygen atoms in total. The number of carbonyl (C=O) groups excluding carboxylic acids is 1. The van der Waals surface area contributed by atoms with Crippen molar-refractivity contribution >= 4 is 5.91 Å². The number of benzene rings is 1. The summed E-state index contributed by atoms with van der Waals surface area (Å²) in [5.41, 5.74) is 3.83. The average Bonchev–Trinajstić information content (AvgIpc) is 2.78. The normalized spacial score (nSPS) is 11.4. The number of primary amides is 1. The Kier molecular flexibility index (Phi) is 3.30. The molecule has 106 valence electrons. The van der Waals surface area contributed by atoms with Crippen molar-refractivity contribution in [3.05, 3.63) is 29.7 Å². The number of halogens is 4. The predicted octanol–water partition coefficient (Wildman–Crippen LogP) is 1.61. The third-order valence-electron chi connectivity index (χ3n) is 2.20. The smallest absolute Gasteiger partial charge is 0.405 e. The number of nitrogens with zero attached hydrogens (tertiary/aromatic N) is 2. The molecule has 0 bridgehead atoms. The third-order valence-corrected chi connectivity index (χ3v) is 2.20. The van der Waals surface area contributed by atoms with E-state index in [2.05, 4.69) is 14.9 Å². The van der Waals surface area contributed by atoms with Gasteiger partial charge < -0.3 is 10.5 Å². The van der Waals surface area contributed by atoms with Crippen molar-refractivity contribution in [2.75, 3.05) is 0 Å². The summed E-state index contributed by atoms with van der Waals surface area (Å²) in [5.74, 6) is -2.60. The van der Waals surface area contributed by atoms with Gasteiger partial charge in [-0.1, -0.05) is 0 Å². The lowest BCUT2D eigenvalue weighted by Crippen LogP contribution is -2.18. The maximum Gasteiger partial charge on any atom is 0.573 e. The lowest BCUT2D eigenvalue weighted by molar-refractivity contribution is -0.274. The minimum Gasteiger partial charge on any atom is -0.405 e. The van der Waals surface area contributed by atoms with E-state index in [1.54, 1.807) is 0 Å². The largest absolute Gasteiger partial charge is 0.573 e. The van der Waals surface area contributed by atoms with Crippen LogP contribution in [-0.2, 0) is 0 Å². The van der Waals surface area contributed by atoms with E-state index in [0.717, 1.165) is 18.2 Å². The highest BCUT2D eigenvalue weighted by Crippen LogP contribution is 2.34. The monoisotopic (exact) mass is 290 g/mol. The van der Waals surface area contributed by atoms with Gasteiger partial charge in [0, 0.05) is 5.56 Å². The molecular formula is C10H6F4N4O2. The second-order valence-corrected chi connectivity index (χ2v) is 3.57. The summed E-state index contributed by atoms with van der Waals surface area (Å²) in [5, 5.41) is 8.91. The summed E-state index contributed by atoms with van der Waals surface area (Å²) < 4.78 is 53.8. The molecular weight excluding hydrogens is 284 g/mol. The van der Waals surface area contributed by atoms with E-state index in [1.165, 1.54) is 0 Å². The molecule has 0 aliphatic rings. The van der Waals surface area contributed by atoms with Gasteiger partial charge in [-0.2, -0.15) is 15.4 Å². The fourth-order valence-corrected chi connectivity index (χ4v) is 1.49. The zero-order chi connectivity index (χ0) is 14.9. The number of nitrogens with one attached hydrogen (secondary N) is 1. The Labute approximate surface area is 108 Å². The Hall–Kier alpha value is -2.65. The molecule has 0 atom stereocenters. The first-order chi connectivity index (χ1) is 9.28. The van der Waals surface area contributed by atoms with Crippen LogP contribution in [0.3, 0.4) is 0 Å². The number of amides is 1. The molecule has 0 aliphatic carbocycles. The summed E-state index contributed by atoms with van der Waals surface area (Å²) in [6.45, 7) is 0. The molecule has 3 N–H and O–H groups in total.